The summed E-state index contributed by atoms with van der Waals surface area (Å²) in [6.45, 7) is 7.19. The van der Waals surface area contributed by atoms with E-state index in [1.807, 2.05) is 12.1 Å². The van der Waals surface area contributed by atoms with Crippen molar-refractivity contribution in [2.75, 3.05) is 18.0 Å². The van der Waals surface area contributed by atoms with E-state index in [2.05, 4.69) is 60.5 Å². The molecule has 0 aromatic heterocycles. The number of hydrogen-bond acceptors (Lipinski definition) is 2. The monoisotopic (exact) mass is 378 g/mol. The van der Waals surface area contributed by atoms with E-state index < -0.39 is 0 Å². The first-order chi connectivity index (χ1) is 13.7. The normalized spacial score (nSPS) is 14.4. The number of benzene rings is 2. The lowest BCUT2D eigenvalue weighted by Crippen LogP contribution is -2.29. The van der Waals surface area contributed by atoms with Crippen LogP contribution in [0, 0.1) is 5.92 Å². The molecule has 0 radical (unpaired) electrons. The number of para-hydroxylation sites is 1. The topological polar surface area (TPSA) is 32.3 Å². The predicted molar refractivity (Wildman–Crippen MR) is 118 cm³/mol. The Balaban J connectivity index is 1.56. The molecule has 1 heterocycles. The number of nitrogens with one attached hydrogen (secondary N) is 1. The second-order valence-corrected chi connectivity index (χ2v) is 7.98. The summed E-state index contributed by atoms with van der Waals surface area (Å²) in [6.07, 6.45) is 7.15. The Hall–Kier alpha value is -2.29. The third-order valence-electron chi connectivity index (χ3n) is 5.89. The van der Waals surface area contributed by atoms with Crippen LogP contribution >= 0.6 is 0 Å². The molecule has 2 aromatic carbocycles. The van der Waals surface area contributed by atoms with E-state index in [0.29, 0.717) is 5.92 Å². The predicted octanol–water partition coefficient (Wildman–Crippen LogP) is 5.59. The van der Waals surface area contributed by atoms with Gasteiger partial charge in [-0.15, -0.1) is 0 Å². The van der Waals surface area contributed by atoms with Crippen LogP contribution in [0.5, 0.6) is 0 Å². The molecule has 3 nitrogen and oxygen atoms in total. The molecule has 0 bridgehead atoms. The van der Waals surface area contributed by atoms with Gasteiger partial charge in [0, 0.05) is 30.9 Å². The summed E-state index contributed by atoms with van der Waals surface area (Å²) < 4.78 is 0. The highest BCUT2D eigenvalue weighted by Gasteiger charge is 2.16. The number of aryl methyl sites for hydroxylation is 1. The van der Waals surface area contributed by atoms with Gasteiger partial charge < -0.3 is 10.2 Å². The van der Waals surface area contributed by atoms with Crippen molar-refractivity contribution in [3.05, 3.63) is 65.2 Å². The van der Waals surface area contributed by atoms with Gasteiger partial charge in [0.15, 0.2) is 0 Å². The zero-order valence-corrected chi connectivity index (χ0v) is 17.4. The Kier molecular flexibility index (Phi) is 7.53. The lowest BCUT2D eigenvalue weighted by Gasteiger charge is -2.31. The fourth-order valence-corrected chi connectivity index (χ4v) is 4.04. The first-order valence-corrected chi connectivity index (χ1v) is 10.9. The first-order valence-electron chi connectivity index (χ1n) is 10.9. The summed E-state index contributed by atoms with van der Waals surface area (Å²) in [5.74, 6) is 0.632. The van der Waals surface area contributed by atoms with E-state index in [1.54, 1.807) is 0 Å². The van der Waals surface area contributed by atoms with E-state index in [1.165, 1.54) is 48.9 Å². The quantitative estimate of drug-likeness (QED) is 0.617. The highest BCUT2D eigenvalue weighted by atomic mass is 16.1. The van der Waals surface area contributed by atoms with Crippen LogP contribution in [0.25, 0.3) is 0 Å². The van der Waals surface area contributed by atoms with E-state index in [9.17, 15) is 4.79 Å². The second kappa shape index (κ2) is 10.3. The zero-order valence-electron chi connectivity index (χ0n) is 17.4. The number of nitrogens with zero attached hydrogens (tertiary/aromatic N) is 1. The second-order valence-electron chi connectivity index (χ2n) is 7.98. The van der Waals surface area contributed by atoms with Crippen LogP contribution in [-0.2, 0) is 13.0 Å². The minimum atomic E-state index is 0.0461. The Labute approximate surface area is 170 Å². The average molecular weight is 379 g/mol. The number of hydrogen-bond donors (Lipinski definition) is 1. The van der Waals surface area contributed by atoms with E-state index >= 15 is 0 Å². The smallest absolute Gasteiger partial charge is 0.251 e. The lowest BCUT2D eigenvalue weighted by molar-refractivity contribution is 0.0946. The van der Waals surface area contributed by atoms with Gasteiger partial charge in [0.1, 0.15) is 0 Å². The Morgan fingerprint density at radius 1 is 1.11 bits per heavy atom. The average Bonchev–Trinajstić information content (AvgIpc) is 2.74. The Bertz CT molecular complexity index is 753. The van der Waals surface area contributed by atoms with Crippen molar-refractivity contribution in [1.29, 1.82) is 0 Å². The van der Waals surface area contributed by atoms with Crippen LogP contribution in [-0.4, -0.2) is 19.0 Å². The van der Waals surface area contributed by atoms with Gasteiger partial charge in [0.25, 0.3) is 5.91 Å². The van der Waals surface area contributed by atoms with Crippen molar-refractivity contribution < 1.29 is 4.79 Å². The summed E-state index contributed by atoms with van der Waals surface area (Å²) >= 11 is 0. The van der Waals surface area contributed by atoms with Gasteiger partial charge in [-0.05, 0) is 54.5 Å². The molecular formula is C25H34N2O. The van der Waals surface area contributed by atoms with Crippen LogP contribution in [0.1, 0.15) is 67.4 Å². The standard InChI is InChI=1S/C25H34N2O/c1-3-5-9-20(4-2)18-26-25(28)23-15-13-21(14-16-23)19-27-17-8-11-22-10-6-7-12-24(22)27/h6-7,10,12-16,20H,3-5,8-9,11,17-19H2,1-2H3,(H,26,28). The Morgan fingerprint density at radius 3 is 2.64 bits per heavy atom. The van der Waals surface area contributed by atoms with Gasteiger partial charge in [0.2, 0.25) is 0 Å². The molecule has 0 saturated heterocycles. The third-order valence-corrected chi connectivity index (χ3v) is 5.89. The number of fused-ring (bicyclic) bond motifs is 1. The van der Waals surface area contributed by atoms with Crippen molar-refractivity contribution in [3.63, 3.8) is 0 Å². The van der Waals surface area contributed by atoms with Gasteiger partial charge >= 0.3 is 0 Å². The molecule has 1 N–H and O–H groups in total. The molecule has 0 spiro atoms. The SMILES string of the molecule is CCCCC(CC)CNC(=O)c1ccc(CN2CCCc3ccccc32)cc1. The molecule has 3 rings (SSSR count). The molecule has 150 valence electrons. The van der Waals surface area contributed by atoms with Crippen LogP contribution < -0.4 is 10.2 Å². The number of carbonyl (C=O) groups excluding carboxylic acids is 1. The van der Waals surface area contributed by atoms with Crippen molar-refractivity contribution in [2.45, 2.75) is 58.9 Å². The molecule has 1 aliphatic rings. The van der Waals surface area contributed by atoms with Gasteiger partial charge in [-0.1, -0.05) is 63.4 Å². The maximum absolute atomic E-state index is 12.5. The number of amides is 1. The minimum absolute atomic E-state index is 0.0461. The van der Waals surface area contributed by atoms with E-state index in [-0.39, 0.29) is 5.91 Å². The van der Waals surface area contributed by atoms with Crippen LogP contribution in [0.4, 0.5) is 5.69 Å². The van der Waals surface area contributed by atoms with Crippen molar-refractivity contribution in [3.8, 4) is 0 Å². The van der Waals surface area contributed by atoms with Crippen molar-refractivity contribution in [2.24, 2.45) is 5.92 Å². The van der Waals surface area contributed by atoms with Gasteiger partial charge in [-0.25, -0.2) is 0 Å². The van der Waals surface area contributed by atoms with Gasteiger partial charge in [-0.3, -0.25) is 4.79 Å². The molecule has 0 saturated carbocycles. The van der Waals surface area contributed by atoms with E-state index in [0.717, 1.165) is 31.6 Å². The Morgan fingerprint density at radius 2 is 1.89 bits per heavy atom. The zero-order chi connectivity index (χ0) is 19.8. The van der Waals surface area contributed by atoms with Crippen molar-refractivity contribution >= 4 is 11.6 Å². The number of anilines is 1. The molecule has 3 heteroatoms. The lowest BCUT2D eigenvalue weighted by atomic mass is 9.99. The summed E-state index contributed by atoms with van der Waals surface area (Å²) in [5, 5.41) is 3.12. The van der Waals surface area contributed by atoms with Crippen molar-refractivity contribution in [1.82, 2.24) is 5.32 Å². The summed E-state index contributed by atoms with van der Waals surface area (Å²) in [7, 11) is 0. The summed E-state index contributed by atoms with van der Waals surface area (Å²) in [4.78, 5) is 14.9. The fraction of sp³-hybridized carbons (Fsp3) is 0.480. The molecule has 1 unspecified atom stereocenters. The third kappa shape index (κ3) is 5.37. The molecule has 28 heavy (non-hydrogen) atoms. The molecule has 2 aromatic rings. The van der Waals surface area contributed by atoms with E-state index in [4.69, 9.17) is 0 Å². The molecule has 1 atom stereocenters. The minimum Gasteiger partial charge on any atom is -0.367 e. The number of unbranched alkanes of at least 4 members (excludes halogenated alkanes) is 1. The number of rotatable bonds is 9. The van der Waals surface area contributed by atoms with Crippen LogP contribution in [0.3, 0.4) is 0 Å². The van der Waals surface area contributed by atoms with Crippen LogP contribution in [0.2, 0.25) is 0 Å². The summed E-state index contributed by atoms with van der Waals surface area (Å²) in [6, 6.07) is 16.8. The van der Waals surface area contributed by atoms with Crippen LogP contribution in [0.15, 0.2) is 48.5 Å². The maximum Gasteiger partial charge on any atom is 0.251 e. The molecular weight excluding hydrogens is 344 g/mol. The molecule has 0 fully saturated rings. The summed E-state index contributed by atoms with van der Waals surface area (Å²) in [5.41, 5.74) is 4.81. The molecule has 0 aliphatic carbocycles. The largest absolute Gasteiger partial charge is 0.367 e. The highest BCUT2D eigenvalue weighted by Crippen LogP contribution is 2.28. The van der Waals surface area contributed by atoms with Gasteiger partial charge in [-0.2, -0.15) is 0 Å². The molecule has 1 amide bonds. The molecule has 1 aliphatic heterocycles. The number of carbonyl (C=O) groups is 1. The first kappa shape index (κ1) is 20.4. The maximum atomic E-state index is 12.5. The fourth-order valence-electron chi connectivity index (χ4n) is 4.04. The highest BCUT2D eigenvalue weighted by molar-refractivity contribution is 5.94. The van der Waals surface area contributed by atoms with Gasteiger partial charge in [0.05, 0.1) is 0 Å².